The standard InChI is InChI=1S/C55H34N4OS/c1-2-13-33(14-3-1)34-17-12-18-37(27-34)53-56-54(38-25-26-42-41-20-8-11-24-50(41)61-51(42)30-38)58-55(57-53)45-31-39(32-49-52(45)43-21-7-10-23-48(43)60-49)59-46-22-9-6-19-40(46)44-28-35-15-4-5-16-36(35)29-47(44)59/h1-32,53H,(H,56,57,58). The maximum Gasteiger partial charge on any atom is 0.159 e. The summed E-state index contributed by atoms with van der Waals surface area (Å²) >= 11 is 1.81. The van der Waals surface area contributed by atoms with Crippen LogP contribution in [0, 0.1) is 0 Å². The van der Waals surface area contributed by atoms with E-state index >= 15 is 0 Å². The molecule has 61 heavy (non-hydrogen) atoms. The third-order valence-corrected chi connectivity index (χ3v) is 13.3. The van der Waals surface area contributed by atoms with Gasteiger partial charge in [-0.3, -0.25) is 0 Å². The van der Waals surface area contributed by atoms with Crippen LogP contribution in [-0.2, 0) is 0 Å². The van der Waals surface area contributed by atoms with Crippen LogP contribution in [0.15, 0.2) is 209 Å². The second kappa shape index (κ2) is 13.4. The van der Waals surface area contributed by atoms with Crippen molar-refractivity contribution in [2.24, 2.45) is 9.98 Å². The van der Waals surface area contributed by atoms with E-state index < -0.39 is 6.17 Å². The Hall–Kier alpha value is -7.80. The average molecular weight is 799 g/mol. The molecule has 0 aliphatic carbocycles. The summed E-state index contributed by atoms with van der Waals surface area (Å²) in [4.78, 5) is 10.9. The van der Waals surface area contributed by atoms with E-state index in [1.807, 2.05) is 12.1 Å². The Morgan fingerprint density at radius 3 is 2.13 bits per heavy atom. The largest absolute Gasteiger partial charge is 0.456 e. The van der Waals surface area contributed by atoms with Gasteiger partial charge in [0.05, 0.1) is 16.7 Å². The van der Waals surface area contributed by atoms with Crippen molar-refractivity contribution >= 4 is 97.7 Å². The van der Waals surface area contributed by atoms with Crippen molar-refractivity contribution < 1.29 is 4.42 Å². The van der Waals surface area contributed by atoms with Crippen molar-refractivity contribution in [3.05, 3.63) is 211 Å². The lowest BCUT2D eigenvalue weighted by molar-refractivity contribution is 0.667. The SMILES string of the molecule is c1ccc(-c2cccc(C3N=C(c4ccc5c(c4)sc4ccccc45)N=C(c4cc(-n5c6ccccc6c6cc7ccccc7cc65)cc5oc6ccccc6c45)N3)c2)cc1. The van der Waals surface area contributed by atoms with E-state index in [9.17, 15) is 0 Å². The molecule has 1 aliphatic rings. The summed E-state index contributed by atoms with van der Waals surface area (Å²) in [6.45, 7) is 0. The molecule has 0 saturated carbocycles. The Kier molecular flexibility index (Phi) is 7.47. The van der Waals surface area contributed by atoms with E-state index in [1.165, 1.54) is 41.7 Å². The topological polar surface area (TPSA) is 54.8 Å². The molecule has 9 aromatic carbocycles. The first-order chi connectivity index (χ1) is 30.2. The van der Waals surface area contributed by atoms with Gasteiger partial charge in [-0.2, -0.15) is 0 Å². The number of aromatic nitrogens is 1. The predicted octanol–water partition coefficient (Wildman–Crippen LogP) is 14.4. The highest BCUT2D eigenvalue weighted by atomic mass is 32.1. The molecule has 286 valence electrons. The molecule has 6 heteroatoms. The van der Waals surface area contributed by atoms with Crippen LogP contribution in [0.3, 0.4) is 0 Å². The molecular weight excluding hydrogens is 765 g/mol. The third-order valence-electron chi connectivity index (χ3n) is 12.2. The number of benzene rings is 9. The van der Waals surface area contributed by atoms with E-state index in [0.29, 0.717) is 5.84 Å². The molecule has 1 atom stereocenters. The molecule has 0 saturated heterocycles. The zero-order valence-corrected chi connectivity index (χ0v) is 33.5. The molecule has 12 aromatic rings. The lowest BCUT2D eigenvalue weighted by atomic mass is 10.0. The summed E-state index contributed by atoms with van der Waals surface area (Å²) in [5.74, 6) is 1.42. The van der Waals surface area contributed by atoms with Crippen LogP contribution in [0.5, 0.6) is 0 Å². The third kappa shape index (κ3) is 5.46. The average Bonchev–Trinajstić information content (AvgIpc) is 3.99. The number of nitrogens with one attached hydrogen (secondary N) is 1. The molecule has 1 N–H and O–H groups in total. The van der Waals surface area contributed by atoms with Crippen molar-refractivity contribution in [2.75, 3.05) is 0 Å². The molecule has 1 unspecified atom stereocenters. The maximum absolute atomic E-state index is 6.76. The fourth-order valence-electron chi connectivity index (χ4n) is 9.36. The molecule has 13 rings (SSSR count). The van der Waals surface area contributed by atoms with Crippen LogP contribution in [0.1, 0.15) is 22.9 Å². The zero-order valence-electron chi connectivity index (χ0n) is 32.7. The number of amidine groups is 2. The first-order valence-corrected chi connectivity index (χ1v) is 21.4. The van der Waals surface area contributed by atoms with Crippen molar-refractivity contribution in [3.63, 3.8) is 0 Å². The second-order valence-corrected chi connectivity index (χ2v) is 16.9. The van der Waals surface area contributed by atoms with Gasteiger partial charge >= 0.3 is 0 Å². The van der Waals surface area contributed by atoms with Crippen LogP contribution < -0.4 is 5.32 Å². The minimum absolute atomic E-state index is 0.416. The number of para-hydroxylation sites is 2. The van der Waals surface area contributed by atoms with E-state index in [2.05, 4.69) is 192 Å². The number of rotatable bonds is 5. The van der Waals surface area contributed by atoms with Crippen molar-refractivity contribution in [1.29, 1.82) is 0 Å². The van der Waals surface area contributed by atoms with Crippen LogP contribution >= 0.6 is 11.3 Å². The minimum atomic E-state index is -0.416. The Morgan fingerprint density at radius 1 is 0.492 bits per heavy atom. The van der Waals surface area contributed by atoms with Gasteiger partial charge < -0.3 is 14.3 Å². The summed E-state index contributed by atoms with van der Waals surface area (Å²) in [7, 11) is 0. The minimum Gasteiger partial charge on any atom is -0.456 e. The summed E-state index contributed by atoms with van der Waals surface area (Å²) in [6, 6.07) is 69.2. The van der Waals surface area contributed by atoms with Crippen LogP contribution in [0.25, 0.3) is 91.5 Å². The van der Waals surface area contributed by atoms with Crippen molar-refractivity contribution in [1.82, 2.24) is 9.88 Å². The van der Waals surface area contributed by atoms with E-state index in [4.69, 9.17) is 14.4 Å². The molecule has 3 aromatic heterocycles. The Bertz CT molecular complexity index is 3810. The molecule has 0 amide bonds. The summed E-state index contributed by atoms with van der Waals surface area (Å²) < 4.78 is 11.6. The lowest BCUT2D eigenvalue weighted by Crippen LogP contribution is -2.33. The maximum atomic E-state index is 6.76. The molecular formula is C55H34N4OS. The smallest absolute Gasteiger partial charge is 0.159 e. The Morgan fingerprint density at radius 2 is 1.23 bits per heavy atom. The van der Waals surface area contributed by atoms with Gasteiger partial charge in [-0.25, -0.2) is 9.98 Å². The normalized spacial score (nSPS) is 14.4. The highest BCUT2D eigenvalue weighted by molar-refractivity contribution is 7.25. The molecule has 0 fully saturated rings. The molecule has 0 spiro atoms. The van der Waals surface area contributed by atoms with Gasteiger partial charge in [0.2, 0.25) is 0 Å². The number of hydrogen-bond donors (Lipinski definition) is 1. The summed E-state index contributed by atoms with van der Waals surface area (Å²) in [6.07, 6.45) is -0.416. The first kappa shape index (κ1) is 34.1. The fourth-order valence-corrected chi connectivity index (χ4v) is 10.5. The van der Waals surface area contributed by atoms with Gasteiger partial charge in [0.15, 0.2) is 5.84 Å². The van der Waals surface area contributed by atoms with Gasteiger partial charge in [-0.1, -0.05) is 140 Å². The molecule has 0 bridgehead atoms. The fraction of sp³-hybridized carbons (Fsp3) is 0.0182. The molecule has 4 heterocycles. The van der Waals surface area contributed by atoms with E-state index in [1.54, 1.807) is 11.3 Å². The monoisotopic (exact) mass is 798 g/mol. The first-order valence-electron chi connectivity index (χ1n) is 20.6. The molecule has 5 nitrogen and oxygen atoms in total. The number of hydrogen-bond acceptors (Lipinski definition) is 5. The van der Waals surface area contributed by atoms with Gasteiger partial charge in [0.1, 0.15) is 23.2 Å². The number of fused-ring (bicyclic) bond motifs is 10. The molecule has 0 radical (unpaired) electrons. The highest BCUT2D eigenvalue weighted by Crippen LogP contribution is 2.40. The Balaban J connectivity index is 1.06. The summed E-state index contributed by atoms with van der Waals surface area (Å²) in [5.41, 5.74) is 10.1. The van der Waals surface area contributed by atoms with E-state index in [-0.39, 0.29) is 0 Å². The van der Waals surface area contributed by atoms with Crippen molar-refractivity contribution in [2.45, 2.75) is 6.17 Å². The van der Waals surface area contributed by atoms with Gasteiger partial charge in [0, 0.05) is 58.9 Å². The van der Waals surface area contributed by atoms with Crippen LogP contribution in [0.4, 0.5) is 0 Å². The van der Waals surface area contributed by atoms with E-state index in [0.717, 1.165) is 72.3 Å². The second-order valence-electron chi connectivity index (χ2n) is 15.8. The highest BCUT2D eigenvalue weighted by Gasteiger charge is 2.26. The van der Waals surface area contributed by atoms with Gasteiger partial charge in [0.25, 0.3) is 0 Å². The predicted molar refractivity (Wildman–Crippen MR) is 256 cm³/mol. The zero-order chi connectivity index (χ0) is 40.0. The lowest BCUT2D eigenvalue weighted by Gasteiger charge is -2.25. The van der Waals surface area contributed by atoms with Crippen molar-refractivity contribution in [3.8, 4) is 16.8 Å². The number of thiophene rings is 1. The Labute approximate surface area is 354 Å². The number of aliphatic imine (C=N–C) groups is 2. The summed E-state index contributed by atoms with van der Waals surface area (Å²) in [5, 5.41) is 13.2. The number of nitrogens with zero attached hydrogens (tertiary/aromatic N) is 3. The van der Waals surface area contributed by atoms with Gasteiger partial charge in [-0.05, 0) is 76.0 Å². The van der Waals surface area contributed by atoms with Crippen LogP contribution in [-0.4, -0.2) is 16.2 Å². The van der Waals surface area contributed by atoms with Gasteiger partial charge in [-0.15, -0.1) is 11.3 Å². The van der Waals surface area contributed by atoms with Crippen LogP contribution in [0.2, 0.25) is 0 Å². The number of furan rings is 1. The quantitative estimate of drug-likeness (QED) is 0.189. The molecule has 1 aliphatic heterocycles.